The molecule has 0 amide bonds. The van der Waals surface area contributed by atoms with Crippen LogP contribution in [-0.2, 0) is 17.1 Å². The molecule has 0 aliphatic carbocycles. The first kappa shape index (κ1) is 24.6. The van der Waals surface area contributed by atoms with Gasteiger partial charge in [-0.05, 0) is 43.5 Å². The lowest BCUT2D eigenvalue weighted by Gasteiger charge is -2.23. The van der Waals surface area contributed by atoms with E-state index in [0.717, 1.165) is 0 Å². The largest absolute Gasteiger partial charge is 0.455 e. The smallest absolute Gasteiger partial charge is 0.431 e. The van der Waals surface area contributed by atoms with Crippen molar-refractivity contribution in [2.75, 3.05) is 4.72 Å². The Balaban J connectivity index is 1.65. The molecule has 13 heteroatoms. The molecule has 9 nitrogen and oxygen atoms in total. The number of fused-ring (bicyclic) bond motifs is 2. The second kappa shape index (κ2) is 8.76. The zero-order chi connectivity index (χ0) is 26.5. The number of aryl methyl sites for hydroxylation is 3. The highest BCUT2D eigenvalue weighted by Crippen LogP contribution is 2.40. The summed E-state index contributed by atoms with van der Waals surface area (Å²) < 4.78 is 83.4. The molecule has 0 bridgehead atoms. The van der Waals surface area contributed by atoms with Gasteiger partial charge in [0.1, 0.15) is 5.69 Å². The van der Waals surface area contributed by atoms with Crippen LogP contribution in [0.2, 0.25) is 0 Å². The molecule has 1 N–H and O–H groups in total. The summed E-state index contributed by atoms with van der Waals surface area (Å²) in [5.41, 5.74) is 0.919. The summed E-state index contributed by atoms with van der Waals surface area (Å²) in [5, 5.41) is 4.22. The van der Waals surface area contributed by atoms with Gasteiger partial charge in [-0.2, -0.15) is 13.2 Å². The molecule has 0 saturated carbocycles. The van der Waals surface area contributed by atoms with Gasteiger partial charge in [0.2, 0.25) is 11.9 Å². The maximum atomic E-state index is 14.4. The van der Waals surface area contributed by atoms with Gasteiger partial charge in [0.05, 0.1) is 16.7 Å². The monoisotopic (exact) mass is 531 g/mol. The number of benzene rings is 2. The van der Waals surface area contributed by atoms with Crippen molar-refractivity contribution in [1.29, 1.82) is 0 Å². The van der Waals surface area contributed by atoms with E-state index < -0.39 is 34.0 Å². The Kier molecular flexibility index (Phi) is 5.82. The van der Waals surface area contributed by atoms with Gasteiger partial charge in [-0.25, -0.2) is 18.4 Å². The van der Waals surface area contributed by atoms with Crippen LogP contribution >= 0.6 is 0 Å². The Morgan fingerprint density at radius 3 is 2.30 bits per heavy atom. The predicted molar refractivity (Wildman–Crippen MR) is 129 cm³/mol. The van der Waals surface area contributed by atoms with E-state index in [0.29, 0.717) is 10.9 Å². The van der Waals surface area contributed by atoms with Crippen LogP contribution in [0.1, 0.15) is 23.3 Å². The number of rotatable bonds is 6. The van der Waals surface area contributed by atoms with Gasteiger partial charge in [0, 0.05) is 12.6 Å². The van der Waals surface area contributed by atoms with E-state index in [9.17, 15) is 21.6 Å². The van der Waals surface area contributed by atoms with Crippen molar-refractivity contribution in [3.63, 3.8) is 0 Å². The third-order valence-corrected chi connectivity index (χ3v) is 7.37. The van der Waals surface area contributed by atoms with Crippen LogP contribution < -0.4 is 9.46 Å². The highest BCUT2D eigenvalue weighted by molar-refractivity contribution is 7.92. The first-order valence-electron chi connectivity index (χ1n) is 11.0. The van der Waals surface area contributed by atoms with Gasteiger partial charge in [-0.3, -0.25) is 4.72 Å². The number of alkyl halides is 3. The minimum Gasteiger partial charge on any atom is -0.455 e. The first-order valence-corrected chi connectivity index (χ1v) is 12.4. The van der Waals surface area contributed by atoms with E-state index in [1.165, 1.54) is 37.6 Å². The van der Waals surface area contributed by atoms with E-state index in [1.807, 2.05) is 0 Å². The maximum Gasteiger partial charge on any atom is 0.431 e. The molecule has 5 rings (SSSR count). The van der Waals surface area contributed by atoms with Gasteiger partial charge in [-0.1, -0.05) is 35.5 Å². The molecule has 3 aromatic heterocycles. The fourth-order valence-electron chi connectivity index (χ4n) is 4.14. The topological polar surface area (TPSA) is 112 Å². The van der Waals surface area contributed by atoms with E-state index >= 15 is 0 Å². The molecular formula is C24H20F3N5O4S. The number of aromatic nitrogens is 4. The Morgan fingerprint density at radius 2 is 1.68 bits per heavy atom. The standard InChI is InChI=1S/C24H20F3N5O4S/c1-13-20(14(2)36-30-13)37(33,34)31-22-23(29-17-10-6-5-9-16(17)28-22)35-21(24(25,26)27)19-12-15-8-4-7-11-18(15)32(19)3/h4-12,21H,1-3H3,(H,28,31). The molecular weight excluding hydrogens is 511 g/mol. The molecule has 0 saturated heterocycles. The van der Waals surface area contributed by atoms with Crippen molar-refractivity contribution < 1.29 is 30.8 Å². The van der Waals surface area contributed by atoms with Crippen LogP contribution in [0.4, 0.5) is 19.0 Å². The number of ether oxygens (including phenoxy) is 1. The molecule has 192 valence electrons. The molecule has 1 atom stereocenters. The summed E-state index contributed by atoms with van der Waals surface area (Å²) >= 11 is 0. The zero-order valence-electron chi connectivity index (χ0n) is 19.7. The van der Waals surface area contributed by atoms with Crippen molar-refractivity contribution in [1.82, 2.24) is 19.7 Å². The fraction of sp³-hybridized carbons (Fsp3) is 0.208. The number of para-hydroxylation sites is 3. The third kappa shape index (κ3) is 4.46. The molecule has 0 fully saturated rings. The Bertz CT molecular complexity index is 1730. The Labute approximate surface area is 208 Å². The maximum absolute atomic E-state index is 14.4. The van der Waals surface area contributed by atoms with Crippen molar-refractivity contribution in [2.24, 2.45) is 7.05 Å². The average Bonchev–Trinajstić information content (AvgIpc) is 3.35. The number of nitrogens with zero attached hydrogens (tertiary/aromatic N) is 4. The number of halogens is 3. The van der Waals surface area contributed by atoms with Gasteiger partial charge < -0.3 is 13.8 Å². The minimum absolute atomic E-state index is 0.00452. The molecule has 1 unspecified atom stereocenters. The van der Waals surface area contributed by atoms with Gasteiger partial charge >= 0.3 is 6.18 Å². The van der Waals surface area contributed by atoms with Crippen LogP contribution in [0.15, 0.2) is 64.0 Å². The van der Waals surface area contributed by atoms with E-state index in [1.54, 1.807) is 42.5 Å². The first-order chi connectivity index (χ1) is 17.5. The Hall–Kier alpha value is -4.13. The van der Waals surface area contributed by atoms with E-state index in [-0.39, 0.29) is 33.1 Å². The fourth-order valence-corrected chi connectivity index (χ4v) is 5.47. The number of sulfonamides is 1. The lowest BCUT2D eigenvalue weighted by Crippen LogP contribution is -2.29. The normalized spacial score (nSPS) is 13.2. The molecule has 0 radical (unpaired) electrons. The van der Waals surface area contributed by atoms with E-state index in [4.69, 9.17) is 9.26 Å². The van der Waals surface area contributed by atoms with Crippen LogP contribution in [-0.4, -0.2) is 34.3 Å². The van der Waals surface area contributed by atoms with Gasteiger partial charge in [0.15, 0.2) is 10.7 Å². The average molecular weight is 532 g/mol. The number of nitrogens with one attached hydrogen (secondary N) is 1. The lowest BCUT2D eigenvalue weighted by molar-refractivity contribution is -0.200. The second-order valence-electron chi connectivity index (χ2n) is 8.35. The van der Waals surface area contributed by atoms with Gasteiger partial charge in [-0.15, -0.1) is 0 Å². The summed E-state index contributed by atoms with van der Waals surface area (Å²) in [5.74, 6) is -1.14. The zero-order valence-corrected chi connectivity index (χ0v) is 20.6. The summed E-state index contributed by atoms with van der Waals surface area (Å²) in [6, 6.07) is 14.5. The highest BCUT2D eigenvalue weighted by atomic mass is 32.2. The Morgan fingerprint density at radius 1 is 1.03 bits per heavy atom. The number of hydrogen-bond donors (Lipinski definition) is 1. The number of anilines is 1. The summed E-state index contributed by atoms with van der Waals surface area (Å²) in [6.07, 6.45) is -7.34. The lowest BCUT2D eigenvalue weighted by atomic mass is 10.2. The van der Waals surface area contributed by atoms with E-state index in [2.05, 4.69) is 19.8 Å². The summed E-state index contributed by atoms with van der Waals surface area (Å²) in [6.45, 7) is 2.83. The molecule has 37 heavy (non-hydrogen) atoms. The van der Waals surface area contributed by atoms with Crippen LogP contribution in [0, 0.1) is 13.8 Å². The SMILES string of the molecule is Cc1noc(C)c1S(=O)(=O)Nc1nc2ccccc2nc1OC(c1cc2ccccc2n1C)C(F)(F)F. The predicted octanol–water partition coefficient (Wildman–Crippen LogP) is 5.21. The summed E-state index contributed by atoms with van der Waals surface area (Å²) in [4.78, 5) is 8.15. The van der Waals surface area contributed by atoms with Crippen molar-refractivity contribution in [2.45, 2.75) is 31.0 Å². The highest BCUT2D eigenvalue weighted by Gasteiger charge is 2.46. The van der Waals surface area contributed by atoms with Gasteiger partial charge in [0.25, 0.3) is 15.9 Å². The van der Waals surface area contributed by atoms with Crippen molar-refractivity contribution >= 4 is 37.8 Å². The molecule has 5 aromatic rings. The van der Waals surface area contributed by atoms with Crippen LogP contribution in [0.5, 0.6) is 5.88 Å². The van der Waals surface area contributed by atoms with Crippen molar-refractivity contribution in [3.05, 3.63) is 71.7 Å². The second-order valence-corrected chi connectivity index (χ2v) is 9.97. The molecule has 0 spiro atoms. The summed E-state index contributed by atoms with van der Waals surface area (Å²) in [7, 11) is -2.87. The van der Waals surface area contributed by atoms with Crippen LogP contribution in [0.25, 0.3) is 21.9 Å². The van der Waals surface area contributed by atoms with Crippen LogP contribution in [0.3, 0.4) is 0 Å². The third-order valence-electron chi connectivity index (χ3n) is 5.79. The molecule has 3 heterocycles. The molecule has 2 aromatic carbocycles. The number of hydrogen-bond acceptors (Lipinski definition) is 7. The molecule has 0 aliphatic heterocycles. The molecule has 0 aliphatic rings. The van der Waals surface area contributed by atoms with Crippen molar-refractivity contribution in [3.8, 4) is 5.88 Å². The quantitative estimate of drug-likeness (QED) is 0.320. The minimum atomic E-state index is -4.87.